The van der Waals surface area contributed by atoms with E-state index in [0.717, 1.165) is 12.8 Å². The van der Waals surface area contributed by atoms with E-state index in [2.05, 4.69) is 11.9 Å². The number of aromatic nitrogens is 1. The van der Waals surface area contributed by atoms with Crippen LogP contribution in [0.3, 0.4) is 0 Å². The number of nitrogens with two attached hydrogens (primary N) is 2. The van der Waals surface area contributed by atoms with E-state index < -0.39 is 5.91 Å². The molecule has 2 heterocycles. The first-order valence-corrected chi connectivity index (χ1v) is 6.79. The average molecular weight is 276 g/mol. The van der Waals surface area contributed by atoms with E-state index in [-0.39, 0.29) is 11.9 Å². The Kier molecular flexibility index (Phi) is 4.34. The fraction of sp³-hybridized carbons (Fsp3) is 0.500. The molecule has 20 heavy (non-hydrogen) atoms. The van der Waals surface area contributed by atoms with E-state index in [9.17, 15) is 9.59 Å². The average Bonchev–Trinajstić information content (AvgIpc) is 2.46. The van der Waals surface area contributed by atoms with Crippen LogP contribution in [0.25, 0.3) is 0 Å². The quantitative estimate of drug-likeness (QED) is 0.833. The highest BCUT2D eigenvalue weighted by molar-refractivity contribution is 5.95. The van der Waals surface area contributed by atoms with E-state index in [1.54, 1.807) is 4.90 Å². The monoisotopic (exact) mass is 276 g/mol. The lowest BCUT2D eigenvalue weighted by atomic mass is 9.92. The van der Waals surface area contributed by atoms with Crippen molar-refractivity contribution in [1.29, 1.82) is 0 Å². The van der Waals surface area contributed by atoms with Crippen LogP contribution in [0, 0.1) is 5.92 Å². The minimum Gasteiger partial charge on any atom is -0.366 e. The van der Waals surface area contributed by atoms with Gasteiger partial charge >= 0.3 is 0 Å². The van der Waals surface area contributed by atoms with E-state index >= 15 is 0 Å². The zero-order valence-corrected chi connectivity index (χ0v) is 11.6. The number of hydrogen-bond acceptors (Lipinski definition) is 4. The third-order valence-corrected chi connectivity index (χ3v) is 3.78. The molecule has 2 rings (SSSR count). The summed E-state index contributed by atoms with van der Waals surface area (Å²) in [6.07, 6.45) is 3.23. The molecule has 6 nitrogen and oxygen atoms in total. The van der Waals surface area contributed by atoms with Crippen molar-refractivity contribution in [2.24, 2.45) is 17.4 Å². The summed E-state index contributed by atoms with van der Waals surface area (Å²) in [6, 6.07) is 3.12. The number of nitrogens with zero attached hydrogens (tertiary/aromatic N) is 2. The van der Waals surface area contributed by atoms with Gasteiger partial charge in [-0.15, -0.1) is 0 Å². The standard InChI is InChI=1S/C14H20N4O2/c1-9-4-5-18(11(6-9)7-15)14(20)12-3-2-10(8-17-12)13(16)19/h2-3,8-9,11H,4-7,15H2,1H3,(H2,16,19). The van der Waals surface area contributed by atoms with Gasteiger partial charge in [0.25, 0.3) is 5.91 Å². The van der Waals surface area contributed by atoms with Crippen molar-refractivity contribution < 1.29 is 9.59 Å². The first-order valence-electron chi connectivity index (χ1n) is 6.79. The van der Waals surface area contributed by atoms with Crippen LogP contribution in [-0.2, 0) is 0 Å². The second-order valence-electron chi connectivity index (χ2n) is 5.31. The van der Waals surface area contributed by atoms with Gasteiger partial charge in [-0.1, -0.05) is 6.92 Å². The molecule has 2 amide bonds. The molecule has 2 unspecified atom stereocenters. The SMILES string of the molecule is CC1CCN(C(=O)c2ccc(C(N)=O)cn2)C(CN)C1. The van der Waals surface area contributed by atoms with Crippen LogP contribution in [0.4, 0.5) is 0 Å². The summed E-state index contributed by atoms with van der Waals surface area (Å²) >= 11 is 0. The molecule has 1 aliphatic heterocycles. The summed E-state index contributed by atoms with van der Waals surface area (Å²) in [5.74, 6) is -0.107. The summed E-state index contributed by atoms with van der Waals surface area (Å²) < 4.78 is 0. The van der Waals surface area contributed by atoms with Gasteiger partial charge in [0.1, 0.15) is 5.69 Å². The van der Waals surface area contributed by atoms with Crippen LogP contribution in [0.15, 0.2) is 18.3 Å². The Morgan fingerprint density at radius 2 is 2.20 bits per heavy atom. The Morgan fingerprint density at radius 3 is 2.75 bits per heavy atom. The molecular formula is C14H20N4O2. The van der Waals surface area contributed by atoms with Crippen molar-refractivity contribution in [3.05, 3.63) is 29.6 Å². The van der Waals surface area contributed by atoms with E-state index in [4.69, 9.17) is 11.5 Å². The lowest BCUT2D eigenvalue weighted by Crippen LogP contribution is -2.49. The molecule has 2 atom stereocenters. The van der Waals surface area contributed by atoms with Crippen LogP contribution < -0.4 is 11.5 Å². The van der Waals surface area contributed by atoms with Crippen LogP contribution in [-0.4, -0.2) is 40.8 Å². The van der Waals surface area contributed by atoms with Crippen molar-refractivity contribution in [1.82, 2.24) is 9.88 Å². The molecule has 0 saturated carbocycles. The van der Waals surface area contributed by atoms with Crippen molar-refractivity contribution in [3.63, 3.8) is 0 Å². The molecule has 1 aliphatic rings. The first-order chi connectivity index (χ1) is 9.52. The van der Waals surface area contributed by atoms with Gasteiger partial charge in [0.2, 0.25) is 5.91 Å². The molecule has 4 N–H and O–H groups in total. The van der Waals surface area contributed by atoms with Crippen LogP contribution in [0.5, 0.6) is 0 Å². The van der Waals surface area contributed by atoms with Crippen LogP contribution >= 0.6 is 0 Å². The second kappa shape index (κ2) is 6.00. The maximum Gasteiger partial charge on any atom is 0.272 e. The normalized spacial score (nSPS) is 22.6. The highest BCUT2D eigenvalue weighted by atomic mass is 16.2. The van der Waals surface area contributed by atoms with Gasteiger partial charge in [0.05, 0.1) is 5.56 Å². The molecule has 0 radical (unpaired) electrons. The summed E-state index contributed by atoms with van der Waals surface area (Å²) in [5.41, 5.74) is 11.5. The zero-order valence-electron chi connectivity index (χ0n) is 11.6. The lowest BCUT2D eigenvalue weighted by Gasteiger charge is -2.37. The van der Waals surface area contributed by atoms with Gasteiger partial charge in [-0.3, -0.25) is 14.6 Å². The number of carbonyl (C=O) groups excluding carboxylic acids is 2. The summed E-state index contributed by atoms with van der Waals surface area (Å²) in [4.78, 5) is 29.3. The molecule has 6 heteroatoms. The minimum absolute atomic E-state index is 0.0591. The molecular weight excluding hydrogens is 256 g/mol. The summed E-state index contributed by atoms with van der Waals surface area (Å²) in [7, 11) is 0. The molecule has 1 aromatic heterocycles. The third kappa shape index (κ3) is 2.96. The Bertz CT molecular complexity index is 500. The van der Waals surface area contributed by atoms with E-state index in [1.807, 2.05) is 0 Å². The first kappa shape index (κ1) is 14.5. The number of amides is 2. The zero-order chi connectivity index (χ0) is 14.7. The number of rotatable bonds is 3. The van der Waals surface area contributed by atoms with Crippen LogP contribution in [0.2, 0.25) is 0 Å². The van der Waals surface area contributed by atoms with Crippen molar-refractivity contribution in [3.8, 4) is 0 Å². The van der Waals surface area contributed by atoms with E-state index in [1.165, 1.54) is 18.3 Å². The fourth-order valence-electron chi connectivity index (χ4n) is 2.56. The molecule has 0 bridgehead atoms. The summed E-state index contributed by atoms with van der Waals surface area (Å²) in [5, 5.41) is 0. The number of pyridine rings is 1. The van der Waals surface area contributed by atoms with Gasteiger partial charge < -0.3 is 16.4 Å². The molecule has 0 spiro atoms. The maximum absolute atomic E-state index is 12.4. The summed E-state index contributed by atoms with van der Waals surface area (Å²) in [6.45, 7) is 3.32. The Hall–Kier alpha value is -1.95. The van der Waals surface area contributed by atoms with Crippen LogP contribution in [0.1, 0.15) is 40.6 Å². The Balaban J connectivity index is 2.15. The molecule has 1 aromatic rings. The topological polar surface area (TPSA) is 102 Å². The predicted octanol–water partition coefficient (Wildman–Crippen LogP) is 0.380. The third-order valence-electron chi connectivity index (χ3n) is 3.78. The molecule has 0 aliphatic carbocycles. The van der Waals surface area contributed by atoms with Crippen molar-refractivity contribution in [2.75, 3.05) is 13.1 Å². The number of hydrogen-bond donors (Lipinski definition) is 2. The number of piperidine rings is 1. The Labute approximate surface area is 118 Å². The van der Waals surface area contributed by atoms with Gasteiger partial charge in [-0.2, -0.15) is 0 Å². The molecule has 1 fully saturated rings. The minimum atomic E-state index is -0.553. The fourth-order valence-corrected chi connectivity index (χ4v) is 2.56. The van der Waals surface area contributed by atoms with Gasteiger partial charge in [0, 0.05) is 25.3 Å². The predicted molar refractivity (Wildman–Crippen MR) is 75.0 cm³/mol. The smallest absolute Gasteiger partial charge is 0.272 e. The number of carbonyl (C=O) groups is 2. The van der Waals surface area contributed by atoms with Gasteiger partial charge in [0.15, 0.2) is 0 Å². The number of likely N-dealkylation sites (tertiary alicyclic amines) is 1. The maximum atomic E-state index is 12.4. The number of primary amides is 1. The van der Waals surface area contributed by atoms with Crippen molar-refractivity contribution in [2.45, 2.75) is 25.8 Å². The van der Waals surface area contributed by atoms with E-state index in [0.29, 0.717) is 30.3 Å². The molecule has 108 valence electrons. The molecule has 1 saturated heterocycles. The molecule has 0 aromatic carbocycles. The van der Waals surface area contributed by atoms with Crippen molar-refractivity contribution >= 4 is 11.8 Å². The largest absolute Gasteiger partial charge is 0.366 e. The second-order valence-corrected chi connectivity index (χ2v) is 5.31. The lowest BCUT2D eigenvalue weighted by molar-refractivity contribution is 0.0567. The highest BCUT2D eigenvalue weighted by Gasteiger charge is 2.30. The highest BCUT2D eigenvalue weighted by Crippen LogP contribution is 2.23. The Morgan fingerprint density at radius 1 is 1.45 bits per heavy atom. The van der Waals surface area contributed by atoms with Gasteiger partial charge in [-0.05, 0) is 30.9 Å². The van der Waals surface area contributed by atoms with Gasteiger partial charge in [-0.25, -0.2) is 0 Å².